The molecule has 2 rings (SSSR count). The summed E-state index contributed by atoms with van der Waals surface area (Å²) in [5.74, 6) is 0. The zero-order chi connectivity index (χ0) is 14.9. The lowest BCUT2D eigenvalue weighted by Gasteiger charge is -2.32. The van der Waals surface area contributed by atoms with E-state index < -0.39 is 9.84 Å². The highest BCUT2D eigenvalue weighted by atomic mass is 32.2. The Kier molecular flexibility index (Phi) is 4.19. The van der Waals surface area contributed by atoms with Crippen molar-refractivity contribution in [3.8, 4) is 6.07 Å². The molecular formula is C11H17N5O2S2. The van der Waals surface area contributed by atoms with Gasteiger partial charge in [0.2, 0.25) is 0 Å². The lowest BCUT2D eigenvalue weighted by Crippen LogP contribution is -2.46. The molecule has 1 saturated heterocycles. The predicted octanol–water partition coefficient (Wildman–Crippen LogP) is 0.180. The van der Waals surface area contributed by atoms with Crippen molar-refractivity contribution in [1.29, 1.82) is 5.26 Å². The van der Waals surface area contributed by atoms with E-state index >= 15 is 0 Å². The van der Waals surface area contributed by atoms with Crippen LogP contribution in [0.3, 0.4) is 0 Å². The van der Waals surface area contributed by atoms with Gasteiger partial charge in [-0.1, -0.05) is 0 Å². The molecule has 0 bridgehead atoms. The number of hydrogen-bond acceptors (Lipinski definition) is 8. The minimum atomic E-state index is -3.48. The Morgan fingerprint density at radius 2 is 1.95 bits per heavy atom. The molecule has 1 aromatic heterocycles. The second-order valence-electron chi connectivity index (χ2n) is 4.79. The highest BCUT2D eigenvalue weighted by Gasteiger charge is 2.25. The molecule has 0 saturated carbocycles. The van der Waals surface area contributed by atoms with E-state index in [1.54, 1.807) is 0 Å². The van der Waals surface area contributed by atoms with E-state index in [1.807, 2.05) is 18.1 Å². The van der Waals surface area contributed by atoms with Gasteiger partial charge >= 0.3 is 0 Å². The lowest BCUT2D eigenvalue weighted by atomic mass is 10.4. The van der Waals surface area contributed by atoms with E-state index in [1.165, 1.54) is 0 Å². The van der Waals surface area contributed by atoms with Gasteiger partial charge in [-0.25, -0.2) is 13.4 Å². The SMILES string of the molecule is CN1CCN(Nc2sc(C#N)c(N)c2S(C)(=O)=O)CC1. The van der Waals surface area contributed by atoms with Gasteiger partial charge < -0.3 is 16.1 Å². The van der Waals surface area contributed by atoms with Crippen LogP contribution in [0.4, 0.5) is 10.7 Å². The summed E-state index contributed by atoms with van der Waals surface area (Å²) in [6.45, 7) is 3.35. The summed E-state index contributed by atoms with van der Waals surface area (Å²) in [5.41, 5.74) is 8.90. The van der Waals surface area contributed by atoms with Crippen LogP contribution in [-0.2, 0) is 9.84 Å². The van der Waals surface area contributed by atoms with Crippen LogP contribution in [-0.4, -0.2) is 57.8 Å². The molecule has 7 nitrogen and oxygen atoms in total. The van der Waals surface area contributed by atoms with Gasteiger partial charge in [-0.2, -0.15) is 5.26 Å². The van der Waals surface area contributed by atoms with Crippen molar-refractivity contribution in [2.75, 3.05) is 50.6 Å². The third kappa shape index (κ3) is 3.04. The van der Waals surface area contributed by atoms with E-state index in [0.717, 1.165) is 43.8 Å². The first-order chi connectivity index (χ1) is 9.32. The van der Waals surface area contributed by atoms with Crippen molar-refractivity contribution in [2.45, 2.75) is 4.90 Å². The molecule has 3 N–H and O–H groups in total. The first kappa shape index (κ1) is 15.1. The van der Waals surface area contributed by atoms with Crippen LogP contribution >= 0.6 is 11.3 Å². The van der Waals surface area contributed by atoms with Gasteiger partial charge in [0.25, 0.3) is 0 Å². The summed E-state index contributed by atoms with van der Waals surface area (Å²) in [7, 11) is -1.44. The molecule has 0 radical (unpaired) electrons. The van der Waals surface area contributed by atoms with Crippen LogP contribution < -0.4 is 11.2 Å². The van der Waals surface area contributed by atoms with Crippen molar-refractivity contribution in [1.82, 2.24) is 9.91 Å². The number of thiophene rings is 1. The maximum absolute atomic E-state index is 11.8. The van der Waals surface area contributed by atoms with Gasteiger partial charge in [-0.05, 0) is 7.05 Å². The highest BCUT2D eigenvalue weighted by molar-refractivity contribution is 7.91. The minimum Gasteiger partial charge on any atom is -0.396 e. The van der Waals surface area contributed by atoms with Gasteiger partial charge in [0, 0.05) is 32.4 Å². The van der Waals surface area contributed by atoms with Crippen LogP contribution in [0.2, 0.25) is 0 Å². The summed E-state index contributed by atoms with van der Waals surface area (Å²) in [5, 5.41) is 11.4. The van der Waals surface area contributed by atoms with E-state index in [4.69, 9.17) is 11.0 Å². The Labute approximate surface area is 122 Å². The van der Waals surface area contributed by atoms with Crippen LogP contribution in [0.5, 0.6) is 0 Å². The first-order valence-electron chi connectivity index (χ1n) is 6.05. The quantitative estimate of drug-likeness (QED) is 0.820. The monoisotopic (exact) mass is 315 g/mol. The van der Waals surface area contributed by atoms with Gasteiger partial charge in [0.1, 0.15) is 20.8 Å². The molecule has 0 spiro atoms. The van der Waals surface area contributed by atoms with E-state index in [0.29, 0.717) is 5.00 Å². The number of rotatable bonds is 3. The third-order valence-electron chi connectivity index (χ3n) is 3.13. The number of piperazine rings is 1. The summed E-state index contributed by atoms with van der Waals surface area (Å²) >= 11 is 1.08. The molecule has 20 heavy (non-hydrogen) atoms. The Bertz CT molecular complexity index is 639. The molecule has 1 aromatic rings. The van der Waals surface area contributed by atoms with Crippen molar-refractivity contribution < 1.29 is 8.42 Å². The predicted molar refractivity (Wildman–Crippen MR) is 79.2 cm³/mol. The number of nitrogen functional groups attached to an aromatic ring is 1. The summed E-state index contributed by atoms with van der Waals surface area (Å²) in [6.07, 6.45) is 1.10. The van der Waals surface area contributed by atoms with Gasteiger partial charge in [0.05, 0.1) is 5.69 Å². The standard InChI is InChI=1S/C11H17N5O2S2/c1-15-3-5-16(6-4-15)14-11-10(20(2,17)18)9(13)8(7-12)19-11/h14H,3-6,13H2,1-2H3. The number of likely N-dealkylation sites (N-methyl/N-ethyl adjacent to an activating group) is 1. The minimum absolute atomic E-state index is 0.0259. The normalized spacial score (nSPS) is 17.9. The lowest BCUT2D eigenvalue weighted by molar-refractivity contribution is 0.179. The van der Waals surface area contributed by atoms with E-state index in [2.05, 4.69) is 10.3 Å². The van der Waals surface area contributed by atoms with Crippen molar-refractivity contribution in [2.24, 2.45) is 0 Å². The third-order valence-corrected chi connectivity index (χ3v) is 5.44. The zero-order valence-electron chi connectivity index (χ0n) is 11.4. The molecule has 0 amide bonds. The van der Waals surface area contributed by atoms with Crippen LogP contribution in [0, 0.1) is 11.3 Å². The smallest absolute Gasteiger partial charge is 0.180 e. The molecule has 0 aromatic carbocycles. The molecule has 1 fully saturated rings. The summed E-state index contributed by atoms with van der Waals surface area (Å²) in [4.78, 5) is 2.44. The van der Waals surface area contributed by atoms with Gasteiger partial charge in [0.15, 0.2) is 9.84 Å². The summed E-state index contributed by atoms with van der Waals surface area (Å²) in [6, 6.07) is 1.93. The van der Waals surface area contributed by atoms with E-state index in [9.17, 15) is 8.42 Å². The van der Waals surface area contributed by atoms with E-state index in [-0.39, 0.29) is 15.5 Å². The number of hydrogen-bond donors (Lipinski definition) is 2. The number of sulfone groups is 1. The van der Waals surface area contributed by atoms with Crippen LogP contribution in [0.1, 0.15) is 4.88 Å². The van der Waals surface area contributed by atoms with Gasteiger partial charge in [-0.3, -0.25) is 0 Å². The maximum Gasteiger partial charge on any atom is 0.180 e. The number of nitrogens with zero attached hydrogens (tertiary/aromatic N) is 3. The van der Waals surface area contributed by atoms with Crippen molar-refractivity contribution >= 4 is 31.9 Å². The topological polar surface area (TPSA) is 102 Å². The fourth-order valence-corrected chi connectivity index (χ4v) is 4.38. The number of nitriles is 1. The number of nitrogens with one attached hydrogen (secondary N) is 1. The number of anilines is 2. The summed E-state index contributed by atoms with van der Waals surface area (Å²) < 4.78 is 23.7. The largest absolute Gasteiger partial charge is 0.396 e. The Morgan fingerprint density at radius 3 is 2.45 bits per heavy atom. The second kappa shape index (κ2) is 5.57. The molecule has 9 heteroatoms. The number of hydrazine groups is 1. The van der Waals surface area contributed by atoms with Crippen LogP contribution in [0.25, 0.3) is 0 Å². The average molecular weight is 315 g/mol. The molecule has 1 aliphatic rings. The first-order valence-corrected chi connectivity index (χ1v) is 8.76. The van der Waals surface area contributed by atoms with Gasteiger partial charge in [-0.15, -0.1) is 11.3 Å². The molecule has 110 valence electrons. The van der Waals surface area contributed by atoms with Crippen LogP contribution in [0.15, 0.2) is 4.90 Å². The number of nitrogens with two attached hydrogens (primary N) is 1. The molecule has 0 unspecified atom stereocenters. The van der Waals surface area contributed by atoms with Crippen molar-refractivity contribution in [3.05, 3.63) is 4.88 Å². The Morgan fingerprint density at radius 1 is 1.35 bits per heavy atom. The molecular weight excluding hydrogens is 298 g/mol. The highest BCUT2D eigenvalue weighted by Crippen LogP contribution is 2.38. The molecule has 0 atom stereocenters. The second-order valence-corrected chi connectivity index (χ2v) is 7.76. The Balaban J connectivity index is 2.30. The average Bonchev–Trinajstić information content (AvgIpc) is 2.68. The molecule has 0 aliphatic carbocycles. The maximum atomic E-state index is 11.8. The molecule has 1 aliphatic heterocycles. The zero-order valence-corrected chi connectivity index (χ0v) is 13.0. The fraction of sp³-hybridized carbons (Fsp3) is 0.545. The molecule has 2 heterocycles. The fourth-order valence-electron chi connectivity index (χ4n) is 2.02. The van der Waals surface area contributed by atoms with Crippen molar-refractivity contribution in [3.63, 3.8) is 0 Å². The Hall–Kier alpha value is -1.34.